The maximum absolute atomic E-state index is 6.28. The topological polar surface area (TPSA) is 29.9 Å². The summed E-state index contributed by atoms with van der Waals surface area (Å²) in [4.78, 5) is 0. The first-order valence-electron chi connectivity index (χ1n) is 6.29. The SMILES string of the molecule is CCCNC(c1ccc(I)cc1)c1c(Cl)cnn1C. The molecule has 0 aliphatic heterocycles. The second kappa shape index (κ2) is 6.72. The number of aromatic nitrogens is 2. The van der Waals surface area contributed by atoms with E-state index >= 15 is 0 Å². The molecular formula is C14H17ClIN3. The number of hydrogen-bond acceptors (Lipinski definition) is 2. The molecule has 1 unspecified atom stereocenters. The number of benzene rings is 1. The Bertz CT molecular complexity index is 517. The molecule has 1 heterocycles. The fourth-order valence-corrected chi connectivity index (χ4v) is 2.70. The molecule has 1 atom stereocenters. The second-order valence-electron chi connectivity index (χ2n) is 4.44. The normalized spacial score (nSPS) is 12.6. The molecule has 0 amide bonds. The van der Waals surface area contributed by atoms with E-state index in [1.165, 1.54) is 9.13 Å². The van der Waals surface area contributed by atoms with Crippen molar-refractivity contribution in [1.82, 2.24) is 15.1 Å². The monoisotopic (exact) mass is 389 g/mol. The first-order valence-corrected chi connectivity index (χ1v) is 7.75. The highest BCUT2D eigenvalue weighted by Gasteiger charge is 2.20. The van der Waals surface area contributed by atoms with Crippen LogP contribution in [0.5, 0.6) is 0 Å². The molecule has 0 aliphatic rings. The fourth-order valence-electron chi connectivity index (χ4n) is 2.06. The van der Waals surface area contributed by atoms with Gasteiger partial charge in [0.15, 0.2) is 0 Å². The first-order chi connectivity index (χ1) is 9.13. The Hall–Kier alpha value is -0.590. The van der Waals surface area contributed by atoms with Crippen LogP contribution >= 0.6 is 34.2 Å². The van der Waals surface area contributed by atoms with Crippen LogP contribution in [0.15, 0.2) is 30.5 Å². The second-order valence-corrected chi connectivity index (χ2v) is 6.09. The van der Waals surface area contributed by atoms with Crippen LogP contribution in [0.4, 0.5) is 0 Å². The third kappa shape index (κ3) is 3.49. The number of nitrogens with zero attached hydrogens (tertiary/aromatic N) is 2. The number of aryl methyl sites for hydroxylation is 1. The van der Waals surface area contributed by atoms with Crippen LogP contribution in [0.2, 0.25) is 5.02 Å². The molecule has 19 heavy (non-hydrogen) atoms. The van der Waals surface area contributed by atoms with E-state index in [1.54, 1.807) is 6.20 Å². The molecule has 0 spiro atoms. The van der Waals surface area contributed by atoms with Gasteiger partial charge in [-0.25, -0.2) is 0 Å². The lowest BCUT2D eigenvalue weighted by atomic mass is 10.0. The Morgan fingerprint density at radius 3 is 2.58 bits per heavy atom. The number of nitrogens with one attached hydrogen (secondary N) is 1. The van der Waals surface area contributed by atoms with E-state index in [0.29, 0.717) is 5.02 Å². The van der Waals surface area contributed by atoms with Crippen LogP contribution in [0.25, 0.3) is 0 Å². The molecular weight excluding hydrogens is 373 g/mol. The lowest BCUT2D eigenvalue weighted by Gasteiger charge is -2.20. The Labute approximate surface area is 132 Å². The highest BCUT2D eigenvalue weighted by atomic mass is 127. The van der Waals surface area contributed by atoms with Crippen LogP contribution in [-0.2, 0) is 7.05 Å². The van der Waals surface area contributed by atoms with Crippen LogP contribution in [0.3, 0.4) is 0 Å². The molecule has 0 fully saturated rings. The van der Waals surface area contributed by atoms with Crippen molar-refractivity contribution in [1.29, 1.82) is 0 Å². The zero-order chi connectivity index (χ0) is 13.8. The molecule has 0 aliphatic carbocycles. The molecule has 1 N–H and O–H groups in total. The minimum atomic E-state index is 0.0805. The Balaban J connectivity index is 2.38. The lowest BCUT2D eigenvalue weighted by Crippen LogP contribution is -2.25. The van der Waals surface area contributed by atoms with E-state index < -0.39 is 0 Å². The highest BCUT2D eigenvalue weighted by Crippen LogP contribution is 2.28. The quantitative estimate of drug-likeness (QED) is 0.789. The van der Waals surface area contributed by atoms with Gasteiger partial charge in [-0.1, -0.05) is 30.7 Å². The van der Waals surface area contributed by atoms with E-state index in [1.807, 2.05) is 11.7 Å². The molecule has 0 saturated carbocycles. The summed E-state index contributed by atoms with van der Waals surface area (Å²) >= 11 is 8.59. The average Bonchev–Trinajstić information content (AvgIpc) is 2.73. The van der Waals surface area contributed by atoms with Gasteiger partial charge in [-0.15, -0.1) is 0 Å². The lowest BCUT2D eigenvalue weighted by molar-refractivity contribution is 0.554. The van der Waals surface area contributed by atoms with Gasteiger partial charge in [-0.2, -0.15) is 5.10 Å². The Morgan fingerprint density at radius 2 is 2.05 bits per heavy atom. The van der Waals surface area contributed by atoms with Gasteiger partial charge in [0.2, 0.25) is 0 Å². The van der Waals surface area contributed by atoms with Crippen LogP contribution in [0, 0.1) is 3.57 Å². The van der Waals surface area contributed by atoms with Crippen molar-refractivity contribution in [2.45, 2.75) is 19.4 Å². The Morgan fingerprint density at radius 1 is 1.37 bits per heavy atom. The number of rotatable bonds is 5. The van der Waals surface area contributed by atoms with Gasteiger partial charge in [0, 0.05) is 10.6 Å². The maximum Gasteiger partial charge on any atom is 0.0837 e. The van der Waals surface area contributed by atoms with Gasteiger partial charge in [0.25, 0.3) is 0 Å². The van der Waals surface area contributed by atoms with Crippen LogP contribution in [0.1, 0.15) is 30.6 Å². The fraction of sp³-hybridized carbons (Fsp3) is 0.357. The third-order valence-corrected chi connectivity index (χ3v) is 4.02. The largest absolute Gasteiger partial charge is 0.305 e. The summed E-state index contributed by atoms with van der Waals surface area (Å²) in [6.07, 6.45) is 2.78. The van der Waals surface area contributed by atoms with E-state index in [0.717, 1.165) is 18.7 Å². The predicted octanol–water partition coefficient (Wildman–Crippen LogP) is 3.77. The number of halogens is 2. The Kier molecular flexibility index (Phi) is 5.24. The van der Waals surface area contributed by atoms with Gasteiger partial charge in [-0.05, 0) is 53.3 Å². The molecule has 1 aromatic carbocycles. The van der Waals surface area contributed by atoms with Gasteiger partial charge in [-0.3, -0.25) is 4.68 Å². The maximum atomic E-state index is 6.28. The highest BCUT2D eigenvalue weighted by molar-refractivity contribution is 14.1. The first kappa shape index (κ1) is 14.8. The van der Waals surface area contributed by atoms with E-state index in [2.05, 4.69) is 64.2 Å². The minimum absolute atomic E-state index is 0.0805. The number of hydrogen-bond donors (Lipinski definition) is 1. The van der Waals surface area contributed by atoms with Gasteiger partial charge in [0.1, 0.15) is 0 Å². The third-order valence-electron chi connectivity index (χ3n) is 3.01. The molecule has 5 heteroatoms. The molecule has 0 saturated heterocycles. The summed E-state index contributed by atoms with van der Waals surface area (Å²) in [6.45, 7) is 3.10. The standard InChI is InChI=1S/C14H17ClIN3/c1-3-8-17-13(10-4-6-11(16)7-5-10)14-12(15)9-18-19(14)2/h4-7,9,13,17H,3,8H2,1-2H3. The van der Waals surface area contributed by atoms with E-state index in [9.17, 15) is 0 Å². The van der Waals surface area contributed by atoms with Crippen molar-refractivity contribution in [3.63, 3.8) is 0 Å². The van der Waals surface area contributed by atoms with Crippen LogP contribution < -0.4 is 5.32 Å². The van der Waals surface area contributed by atoms with Gasteiger partial charge >= 0.3 is 0 Å². The van der Waals surface area contributed by atoms with Crippen LogP contribution in [-0.4, -0.2) is 16.3 Å². The summed E-state index contributed by atoms with van der Waals surface area (Å²) < 4.78 is 3.07. The van der Waals surface area contributed by atoms with Crippen molar-refractivity contribution in [3.05, 3.63) is 50.3 Å². The van der Waals surface area contributed by atoms with Crippen molar-refractivity contribution in [3.8, 4) is 0 Å². The molecule has 2 rings (SSSR count). The van der Waals surface area contributed by atoms with Gasteiger partial charge in [0.05, 0.1) is 23.0 Å². The zero-order valence-corrected chi connectivity index (χ0v) is 13.9. The zero-order valence-electron chi connectivity index (χ0n) is 11.0. The smallest absolute Gasteiger partial charge is 0.0837 e. The predicted molar refractivity (Wildman–Crippen MR) is 87.5 cm³/mol. The van der Waals surface area contributed by atoms with E-state index in [4.69, 9.17) is 11.6 Å². The van der Waals surface area contributed by atoms with Crippen molar-refractivity contribution in [2.75, 3.05) is 6.54 Å². The van der Waals surface area contributed by atoms with Gasteiger partial charge < -0.3 is 5.32 Å². The molecule has 102 valence electrons. The summed E-state index contributed by atoms with van der Waals surface area (Å²) in [5.74, 6) is 0. The average molecular weight is 390 g/mol. The molecule has 0 bridgehead atoms. The minimum Gasteiger partial charge on any atom is -0.305 e. The van der Waals surface area contributed by atoms with Crippen molar-refractivity contribution >= 4 is 34.2 Å². The summed E-state index contributed by atoms with van der Waals surface area (Å²) in [5, 5.41) is 8.48. The summed E-state index contributed by atoms with van der Waals surface area (Å²) in [7, 11) is 1.93. The molecule has 3 nitrogen and oxygen atoms in total. The molecule has 2 aromatic rings. The molecule has 1 aromatic heterocycles. The molecule has 0 radical (unpaired) electrons. The summed E-state index contributed by atoms with van der Waals surface area (Å²) in [6, 6.07) is 8.58. The summed E-state index contributed by atoms with van der Waals surface area (Å²) in [5.41, 5.74) is 2.22. The van der Waals surface area contributed by atoms with Crippen molar-refractivity contribution < 1.29 is 0 Å². The van der Waals surface area contributed by atoms with Crippen molar-refractivity contribution in [2.24, 2.45) is 7.05 Å². The van der Waals surface area contributed by atoms with E-state index in [-0.39, 0.29) is 6.04 Å².